The topological polar surface area (TPSA) is 76.2 Å². The minimum absolute atomic E-state index is 0.105. The molecular formula is C21H26N2O5S2. The fraction of sp³-hybridized carbons (Fsp3) is 0.381. The number of hydrogen-bond donors (Lipinski definition) is 0. The summed E-state index contributed by atoms with van der Waals surface area (Å²) in [6.07, 6.45) is 1.87. The second-order valence-corrected chi connectivity index (χ2v) is 9.77. The van der Waals surface area contributed by atoms with E-state index in [9.17, 15) is 13.2 Å². The third-order valence-corrected chi connectivity index (χ3v) is 7.57. The molecule has 2 aromatic carbocycles. The molecule has 162 valence electrons. The molecule has 0 N–H and O–H groups in total. The molecule has 1 aliphatic heterocycles. The second-order valence-electron chi connectivity index (χ2n) is 6.88. The summed E-state index contributed by atoms with van der Waals surface area (Å²) in [6.45, 7) is 2.19. The van der Waals surface area contributed by atoms with Crippen LogP contribution in [0.15, 0.2) is 52.3 Å². The van der Waals surface area contributed by atoms with E-state index in [1.807, 2.05) is 18.4 Å². The number of thioether (sulfide) groups is 1. The van der Waals surface area contributed by atoms with Gasteiger partial charge in [0.15, 0.2) is 0 Å². The van der Waals surface area contributed by atoms with Crippen LogP contribution in [0.3, 0.4) is 0 Å². The standard InChI is InChI=1S/C21H26N2O5S2/c1-22(15-16-4-6-17(27-2)7-5-16)30(25,26)18-8-9-20(29-3)19(14-18)21(24)23-10-12-28-13-11-23/h4-9,14H,10-13,15H2,1-3H3. The van der Waals surface area contributed by atoms with Crippen LogP contribution in [0.25, 0.3) is 0 Å². The number of carbonyl (C=O) groups is 1. The number of amides is 1. The third kappa shape index (κ3) is 4.97. The Balaban J connectivity index is 1.86. The number of nitrogens with zero attached hydrogens (tertiary/aromatic N) is 2. The lowest BCUT2D eigenvalue weighted by Gasteiger charge is -2.27. The second kappa shape index (κ2) is 9.82. The van der Waals surface area contributed by atoms with E-state index in [0.717, 1.165) is 10.5 Å². The van der Waals surface area contributed by atoms with E-state index < -0.39 is 10.0 Å². The average Bonchev–Trinajstić information content (AvgIpc) is 2.79. The summed E-state index contributed by atoms with van der Waals surface area (Å²) < 4.78 is 38.1. The van der Waals surface area contributed by atoms with E-state index in [0.29, 0.717) is 37.6 Å². The predicted octanol–water partition coefficient (Wildman–Crippen LogP) is 2.71. The van der Waals surface area contributed by atoms with Crippen LogP contribution in [0.5, 0.6) is 5.75 Å². The molecule has 0 aromatic heterocycles. The van der Waals surface area contributed by atoms with Crippen molar-refractivity contribution in [2.24, 2.45) is 0 Å². The first-order valence-electron chi connectivity index (χ1n) is 9.51. The van der Waals surface area contributed by atoms with Crippen LogP contribution in [0.2, 0.25) is 0 Å². The molecule has 9 heteroatoms. The molecule has 1 heterocycles. The zero-order chi connectivity index (χ0) is 21.7. The van der Waals surface area contributed by atoms with Crippen molar-refractivity contribution in [2.75, 3.05) is 46.7 Å². The first-order valence-corrected chi connectivity index (χ1v) is 12.2. The number of methoxy groups -OCH3 is 1. The third-order valence-electron chi connectivity index (χ3n) is 4.97. The highest BCUT2D eigenvalue weighted by atomic mass is 32.2. The van der Waals surface area contributed by atoms with Gasteiger partial charge in [-0.05, 0) is 42.2 Å². The van der Waals surface area contributed by atoms with Crippen molar-refractivity contribution in [3.63, 3.8) is 0 Å². The fourth-order valence-electron chi connectivity index (χ4n) is 3.20. The van der Waals surface area contributed by atoms with E-state index in [1.165, 1.54) is 29.2 Å². The molecule has 0 spiro atoms. The van der Waals surface area contributed by atoms with E-state index >= 15 is 0 Å². The minimum Gasteiger partial charge on any atom is -0.497 e. The van der Waals surface area contributed by atoms with Crippen LogP contribution in [-0.4, -0.2) is 70.2 Å². The summed E-state index contributed by atoms with van der Waals surface area (Å²) in [5, 5.41) is 0. The van der Waals surface area contributed by atoms with E-state index in [-0.39, 0.29) is 17.3 Å². The Morgan fingerprint density at radius 2 is 1.83 bits per heavy atom. The Morgan fingerprint density at radius 3 is 2.43 bits per heavy atom. The Morgan fingerprint density at radius 1 is 1.17 bits per heavy atom. The molecule has 0 atom stereocenters. The quantitative estimate of drug-likeness (QED) is 0.604. The summed E-state index contributed by atoms with van der Waals surface area (Å²) in [6, 6.07) is 12.0. The lowest BCUT2D eigenvalue weighted by molar-refractivity contribution is 0.0300. The lowest BCUT2D eigenvalue weighted by Crippen LogP contribution is -2.41. The fourth-order valence-corrected chi connectivity index (χ4v) is 4.96. The summed E-state index contributed by atoms with van der Waals surface area (Å²) in [5.41, 5.74) is 1.25. The normalized spacial score (nSPS) is 14.7. The zero-order valence-electron chi connectivity index (χ0n) is 17.3. The maximum atomic E-state index is 13.2. The number of morpholine rings is 1. The molecule has 0 saturated carbocycles. The summed E-state index contributed by atoms with van der Waals surface area (Å²) >= 11 is 1.42. The SMILES string of the molecule is COc1ccc(CN(C)S(=O)(=O)c2ccc(SC)c(C(=O)N3CCOCC3)c2)cc1. The molecule has 30 heavy (non-hydrogen) atoms. The molecule has 0 unspecified atom stereocenters. The Labute approximate surface area is 182 Å². The van der Waals surface area contributed by atoms with Crippen molar-refractivity contribution in [1.29, 1.82) is 0 Å². The number of ether oxygens (including phenoxy) is 2. The predicted molar refractivity (Wildman–Crippen MR) is 117 cm³/mol. The van der Waals surface area contributed by atoms with Crippen molar-refractivity contribution in [3.8, 4) is 5.75 Å². The number of hydrogen-bond acceptors (Lipinski definition) is 6. The molecule has 1 fully saturated rings. The Hall–Kier alpha value is -2.07. The largest absolute Gasteiger partial charge is 0.497 e. The molecule has 0 radical (unpaired) electrons. The van der Waals surface area contributed by atoms with Crippen molar-refractivity contribution in [2.45, 2.75) is 16.3 Å². The van der Waals surface area contributed by atoms with Crippen molar-refractivity contribution >= 4 is 27.7 Å². The van der Waals surface area contributed by atoms with Crippen LogP contribution in [0.1, 0.15) is 15.9 Å². The molecule has 2 aromatic rings. The highest BCUT2D eigenvalue weighted by Gasteiger charge is 2.26. The van der Waals surface area contributed by atoms with Crippen LogP contribution in [-0.2, 0) is 21.3 Å². The first-order chi connectivity index (χ1) is 14.4. The Kier molecular flexibility index (Phi) is 7.41. The summed E-state index contributed by atoms with van der Waals surface area (Å²) in [4.78, 5) is 15.6. The molecule has 0 aliphatic carbocycles. The van der Waals surface area contributed by atoms with E-state index in [2.05, 4.69) is 0 Å². The van der Waals surface area contributed by atoms with Gasteiger partial charge >= 0.3 is 0 Å². The smallest absolute Gasteiger partial charge is 0.255 e. The van der Waals surface area contributed by atoms with Crippen molar-refractivity contribution in [3.05, 3.63) is 53.6 Å². The van der Waals surface area contributed by atoms with Crippen molar-refractivity contribution in [1.82, 2.24) is 9.21 Å². The molecule has 1 amide bonds. The summed E-state index contributed by atoms with van der Waals surface area (Å²) in [7, 11) is -0.651. The Bertz CT molecular complexity index is 987. The monoisotopic (exact) mass is 450 g/mol. The van der Waals surface area contributed by atoms with Gasteiger partial charge < -0.3 is 14.4 Å². The van der Waals surface area contributed by atoms with Gasteiger partial charge in [-0.25, -0.2) is 8.42 Å². The van der Waals surface area contributed by atoms with Gasteiger partial charge in [0.2, 0.25) is 10.0 Å². The van der Waals surface area contributed by atoms with E-state index in [4.69, 9.17) is 9.47 Å². The van der Waals surface area contributed by atoms with Gasteiger partial charge in [0.1, 0.15) is 5.75 Å². The molecule has 1 aliphatic rings. The maximum Gasteiger partial charge on any atom is 0.255 e. The van der Waals surface area contributed by atoms with Gasteiger partial charge in [-0.2, -0.15) is 4.31 Å². The average molecular weight is 451 g/mol. The zero-order valence-corrected chi connectivity index (χ0v) is 19.0. The van der Waals surface area contributed by atoms with Gasteiger partial charge in [-0.15, -0.1) is 11.8 Å². The number of sulfonamides is 1. The van der Waals surface area contributed by atoms with Crippen molar-refractivity contribution < 1.29 is 22.7 Å². The van der Waals surface area contributed by atoms with Crippen LogP contribution in [0.4, 0.5) is 0 Å². The number of rotatable bonds is 7. The van der Waals surface area contributed by atoms with Gasteiger partial charge in [0.25, 0.3) is 5.91 Å². The molecule has 7 nitrogen and oxygen atoms in total. The highest BCUT2D eigenvalue weighted by Crippen LogP contribution is 2.27. The highest BCUT2D eigenvalue weighted by molar-refractivity contribution is 7.98. The molecular weight excluding hydrogens is 424 g/mol. The van der Waals surface area contributed by atoms with Gasteiger partial charge in [-0.3, -0.25) is 4.79 Å². The molecule has 0 bridgehead atoms. The van der Waals surface area contributed by atoms with Crippen LogP contribution in [0, 0.1) is 0 Å². The lowest BCUT2D eigenvalue weighted by atomic mass is 10.2. The molecule has 3 rings (SSSR count). The maximum absolute atomic E-state index is 13.2. The minimum atomic E-state index is -3.77. The summed E-state index contributed by atoms with van der Waals surface area (Å²) in [5.74, 6) is 0.542. The van der Waals surface area contributed by atoms with E-state index in [1.54, 1.807) is 36.3 Å². The van der Waals surface area contributed by atoms with Gasteiger partial charge in [0, 0.05) is 31.6 Å². The number of benzene rings is 2. The molecule has 1 saturated heterocycles. The first kappa shape index (κ1) is 22.6. The number of carbonyl (C=O) groups excluding carboxylic acids is 1. The van der Waals surface area contributed by atoms with Gasteiger partial charge in [0.05, 0.1) is 30.8 Å². The van der Waals surface area contributed by atoms with Crippen LogP contribution >= 0.6 is 11.8 Å². The van der Waals surface area contributed by atoms with Crippen LogP contribution < -0.4 is 4.74 Å². The van der Waals surface area contributed by atoms with Gasteiger partial charge in [-0.1, -0.05) is 12.1 Å².